The summed E-state index contributed by atoms with van der Waals surface area (Å²) >= 11 is 0. The van der Waals surface area contributed by atoms with Gasteiger partial charge < -0.3 is 14.6 Å². The lowest BCUT2D eigenvalue weighted by molar-refractivity contribution is -0.116. The zero-order valence-electron chi connectivity index (χ0n) is 15.8. The molecule has 0 saturated heterocycles. The first-order valence-corrected chi connectivity index (χ1v) is 9.26. The molecule has 0 atom stereocenters. The van der Waals surface area contributed by atoms with Crippen LogP contribution in [0.5, 0.6) is 0 Å². The van der Waals surface area contributed by atoms with Crippen LogP contribution in [0.3, 0.4) is 0 Å². The Bertz CT molecular complexity index is 1090. The Morgan fingerprint density at radius 2 is 1.79 bits per heavy atom. The number of para-hydroxylation sites is 3. The van der Waals surface area contributed by atoms with Crippen molar-refractivity contribution in [1.29, 1.82) is 0 Å². The fraction of sp³-hybridized carbons (Fsp3) is 0.130. The van der Waals surface area contributed by atoms with E-state index in [0.29, 0.717) is 12.4 Å². The molecule has 3 aromatic carbocycles. The van der Waals surface area contributed by atoms with E-state index in [1.54, 1.807) is 11.8 Å². The highest BCUT2D eigenvalue weighted by atomic mass is 16.3. The maximum Gasteiger partial charge on any atom is 0.227 e. The lowest BCUT2D eigenvalue weighted by atomic mass is 10.1. The molecule has 28 heavy (non-hydrogen) atoms. The van der Waals surface area contributed by atoms with Crippen molar-refractivity contribution in [2.45, 2.75) is 13.8 Å². The summed E-state index contributed by atoms with van der Waals surface area (Å²) in [5.74, 6) is 0.515. The van der Waals surface area contributed by atoms with E-state index >= 15 is 0 Å². The Kier molecular flexibility index (Phi) is 4.81. The number of carbonyl (C=O) groups excluding carboxylic acids is 1. The third-order valence-corrected chi connectivity index (χ3v) is 4.58. The second kappa shape index (κ2) is 7.56. The van der Waals surface area contributed by atoms with E-state index in [1.807, 2.05) is 79.7 Å². The van der Waals surface area contributed by atoms with Gasteiger partial charge in [0, 0.05) is 24.7 Å². The highest BCUT2D eigenvalue weighted by molar-refractivity contribution is 5.97. The number of hydrogen-bond donors (Lipinski definition) is 1. The van der Waals surface area contributed by atoms with Gasteiger partial charge in [-0.3, -0.25) is 4.79 Å². The van der Waals surface area contributed by atoms with Gasteiger partial charge in [0.05, 0.1) is 11.4 Å². The Morgan fingerprint density at radius 1 is 1.04 bits per heavy atom. The summed E-state index contributed by atoms with van der Waals surface area (Å²) in [5.41, 5.74) is 4.97. The topological polar surface area (TPSA) is 58.4 Å². The van der Waals surface area contributed by atoms with Gasteiger partial charge in [0.1, 0.15) is 5.52 Å². The molecule has 0 aliphatic heterocycles. The van der Waals surface area contributed by atoms with Crippen molar-refractivity contribution in [3.8, 4) is 11.5 Å². The molecule has 0 radical (unpaired) electrons. The molecule has 140 valence electrons. The highest BCUT2D eigenvalue weighted by Gasteiger charge is 2.17. The highest BCUT2D eigenvalue weighted by Crippen LogP contribution is 2.34. The predicted molar refractivity (Wildman–Crippen MR) is 113 cm³/mol. The van der Waals surface area contributed by atoms with Crippen LogP contribution < -0.4 is 10.2 Å². The predicted octanol–water partition coefficient (Wildman–Crippen LogP) is 5.61. The van der Waals surface area contributed by atoms with Crippen LogP contribution in [-0.4, -0.2) is 17.4 Å². The zero-order valence-corrected chi connectivity index (χ0v) is 15.8. The number of nitrogens with one attached hydrogen (secondary N) is 1. The molecule has 0 saturated carbocycles. The van der Waals surface area contributed by atoms with E-state index in [-0.39, 0.29) is 5.91 Å². The standard InChI is InChI=1S/C23H21N3O2/c1-3-26(16(2)27)21-15-17(23-25-20-11-7-8-12-22(20)28-23)13-14-19(21)24-18-9-5-4-6-10-18/h4-15,24H,3H2,1-2H3. The first-order valence-electron chi connectivity index (χ1n) is 9.26. The van der Waals surface area contributed by atoms with E-state index in [0.717, 1.165) is 33.7 Å². The molecule has 1 amide bonds. The van der Waals surface area contributed by atoms with Gasteiger partial charge in [-0.15, -0.1) is 0 Å². The van der Waals surface area contributed by atoms with Crippen molar-refractivity contribution < 1.29 is 9.21 Å². The van der Waals surface area contributed by atoms with Crippen LogP contribution in [0.1, 0.15) is 13.8 Å². The molecule has 1 N–H and O–H groups in total. The molecule has 0 aliphatic carbocycles. The van der Waals surface area contributed by atoms with Crippen LogP contribution in [0, 0.1) is 0 Å². The summed E-state index contributed by atoms with van der Waals surface area (Å²) in [6, 6.07) is 23.4. The number of hydrogen-bond acceptors (Lipinski definition) is 4. The first-order chi connectivity index (χ1) is 13.7. The molecule has 0 unspecified atom stereocenters. The number of amides is 1. The van der Waals surface area contributed by atoms with Crippen molar-refractivity contribution >= 4 is 34.1 Å². The van der Waals surface area contributed by atoms with E-state index < -0.39 is 0 Å². The molecule has 5 heteroatoms. The van der Waals surface area contributed by atoms with Crippen LogP contribution >= 0.6 is 0 Å². The molecule has 0 bridgehead atoms. The number of oxazole rings is 1. The second-order valence-corrected chi connectivity index (χ2v) is 6.47. The van der Waals surface area contributed by atoms with Gasteiger partial charge in [-0.05, 0) is 49.4 Å². The summed E-state index contributed by atoms with van der Waals surface area (Å²) in [4.78, 5) is 18.5. The average molecular weight is 371 g/mol. The van der Waals surface area contributed by atoms with Crippen LogP contribution in [0.25, 0.3) is 22.6 Å². The van der Waals surface area contributed by atoms with Gasteiger partial charge in [0.2, 0.25) is 11.8 Å². The molecule has 0 fully saturated rings. The van der Waals surface area contributed by atoms with Crippen molar-refractivity contribution in [2.24, 2.45) is 0 Å². The van der Waals surface area contributed by atoms with Gasteiger partial charge >= 0.3 is 0 Å². The number of fused-ring (bicyclic) bond motifs is 1. The third-order valence-electron chi connectivity index (χ3n) is 4.58. The number of nitrogens with zero attached hydrogens (tertiary/aromatic N) is 2. The Balaban J connectivity index is 1.80. The molecule has 1 heterocycles. The van der Waals surface area contributed by atoms with E-state index in [1.165, 1.54) is 0 Å². The Hall–Kier alpha value is -3.60. The largest absolute Gasteiger partial charge is 0.436 e. The summed E-state index contributed by atoms with van der Waals surface area (Å²) < 4.78 is 5.91. The zero-order chi connectivity index (χ0) is 19.5. The maximum absolute atomic E-state index is 12.2. The fourth-order valence-electron chi connectivity index (χ4n) is 3.23. The van der Waals surface area contributed by atoms with E-state index in [2.05, 4.69) is 10.3 Å². The fourth-order valence-corrected chi connectivity index (χ4v) is 3.23. The number of aromatic nitrogens is 1. The molecule has 0 aliphatic rings. The van der Waals surface area contributed by atoms with Gasteiger partial charge in [-0.25, -0.2) is 4.98 Å². The molecule has 4 aromatic rings. The number of benzene rings is 3. The summed E-state index contributed by atoms with van der Waals surface area (Å²) in [6.07, 6.45) is 0. The SMILES string of the molecule is CCN(C(C)=O)c1cc(-c2nc3ccccc3o2)ccc1Nc1ccccc1. The minimum absolute atomic E-state index is 0.0201. The molecule has 4 rings (SSSR count). The average Bonchev–Trinajstić information content (AvgIpc) is 3.14. The number of rotatable bonds is 5. The van der Waals surface area contributed by atoms with E-state index in [9.17, 15) is 4.79 Å². The van der Waals surface area contributed by atoms with Crippen molar-refractivity contribution in [1.82, 2.24) is 4.98 Å². The lowest BCUT2D eigenvalue weighted by Gasteiger charge is -2.23. The second-order valence-electron chi connectivity index (χ2n) is 6.47. The number of carbonyl (C=O) groups is 1. The summed E-state index contributed by atoms with van der Waals surface area (Å²) in [7, 11) is 0. The van der Waals surface area contributed by atoms with Gasteiger partial charge in [0.25, 0.3) is 0 Å². The minimum Gasteiger partial charge on any atom is -0.436 e. The van der Waals surface area contributed by atoms with Crippen LogP contribution in [0.2, 0.25) is 0 Å². The van der Waals surface area contributed by atoms with Crippen LogP contribution in [0.15, 0.2) is 77.2 Å². The summed E-state index contributed by atoms with van der Waals surface area (Å²) in [5, 5.41) is 3.40. The third kappa shape index (κ3) is 3.47. The van der Waals surface area contributed by atoms with Crippen LogP contribution in [0.4, 0.5) is 17.1 Å². The van der Waals surface area contributed by atoms with Crippen molar-refractivity contribution in [2.75, 3.05) is 16.8 Å². The van der Waals surface area contributed by atoms with Crippen molar-refractivity contribution in [3.05, 3.63) is 72.8 Å². The Labute approximate surface area is 163 Å². The van der Waals surface area contributed by atoms with Crippen LogP contribution in [-0.2, 0) is 4.79 Å². The molecule has 1 aromatic heterocycles. The first kappa shape index (κ1) is 17.8. The van der Waals surface area contributed by atoms with Gasteiger partial charge in [0.15, 0.2) is 5.58 Å². The lowest BCUT2D eigenvalue weighted by Crippen LogP contribution is -2.28. The molecular formula is C23H21N3O2. The van der Waals surface area contributed by atoms with Gasteiger partial charge in [-0.2, -0.15) is 0 Å². The molecule has 5 nitrogen and oxygen atoms in total. The molecule has 0 spiro atoms. The smallest absolute Gasteiger partial charge is 0.227 e. The normalized spacial score (nSPS) is 10.8. The minimum atomic E-state index is -0.0201. The van der Waals surface area contributed by atoms with Crippen molar-refractivity contribution in [3.63, 3.8) is 0 Å². The quantitative estimate of drug-likeness (QED) is 0.495. The number of anilines is 3. The molecular weight excluding hydrogens is 350 g/mol. The summed E-state index contributed by atoms with van der Waals surface area (Å²) in [6.45, 7) is 4.09. The van der Waals surface area contributed by atoms with Gasteiger partial charge in [-0.1, -0.05) is 30.3 Å². The maximum atomic E-state index is 12.2. The van der Waals surface area contributed by atoms with E-state index in [4.69, 9.17) is 4.42 Å². The Morgan fingerprint density at radius 3 is 2.50 bits per heavy atom. The monoisotopic (exact) mass is 371 g/mol.